The Bertz CT molecular complexity index is 1270. The first-order valence-electron chi connectivity index (χ1n) is 11.9. The molecule has 35 heavy (non-hydrogen) atoms. The van der Waals surface area contributed by atoms with Gasteiger partial charge in [0.2, 0.25) is 0 Å². The zero-order valence-electron chi connectivity index (χ0n) is 21.5. The molecule has 0 saturated carbocycles. The van der Waals surface area contributed by atoms with Crippen LogP contribution in [0.15, 0.2) is 96.7 Å². The van der Waals surface area contributed by atoms with Crippen molar-refractivity contribution in [2.75, 3.05) is 42.3 Å². The number of benzene rings is 3. The molecule has 1 aliphatic carbocycles. The largest absolute Gasteiger partial charge is 0.379 e. The van der Waals surface area contributed by atoms with Gasteiger partial charge in [-0.15, -0.1) is 0 Å². The van der Waals surface area contributed by atoms with Crippen molar-refractivity contribution in [3.8, 4) is 6.07 Å². The molecular formula is C31H34N4. The van der Waals surface area contributed by atoms with Crippen LogP contribution in [0.3, 0.4) is 0 Å². The van der Waals surface area contributed by atoms with Crippen molar-refractivity contribution >= 4 is 16.7 Å². The number of allylic oxidation sites excluding steroid dienone is 2. The zero-order valence-corrected chi connectivity index (χ0v) is 21.5. The van der Waals surface area contributed by atoms with E-state index in [4.69, 9.17) is 0 Å². The van der Waals surface area contributed by atoms with Gasteiger partial charge < -0.3 is 4.90 Å². The molecule has 0 N–H and O–H groups in total. The Balaban J connectivity index is 2.31. The summed E-state index contributed by atoms with van der Waals surface area (Å²) in [7, 11) is 12.4. The van der Waals surface area contributed by atoms with Gasteiger partial charge in [-0.25, -0.2) is 0 Å². The highest BCUT2D eigenvalue weighted by Crippen LogP contribution is 2.53. The maximum absolute atomic E-state index is 11.1. The van der Waals surface area contributed by atoms with Gasteiger partial charge in [-0.3, -0.25) is 9.80 Å². The second kappa shape index (κ2) is 9.92. The number of nitriles is 1. The average Bonchev–Trinajstić information content (AvgIpc) is 2.88. The number of nitrogens with zero attached hydrogens (tertiary/aromatic N) is 4. The molecule has 2 atom stereocenters. The molecule has 0 spiro atoms. The van der Waals surface area contributed by atoms with E-state index in [1.54, 1.807) is 0 Å². The van der Waals surface area contributed by atoms with Crippen molar-refractivity contribution in [3.05, 3.63) is 113 Å². The van der Waals surface area contributed by atoms with Crippen LogP contribution >= 0.6 is 0 Å². The van der Waals surface area contributed by atoms with Crippen molar-refractivity contribution in [1.29, 1.82) is 5.26 Å². The SMILES string of the molecule is CN(C)C1=C(c2ccccc2)C(c2ccccc2)=C(c2ccccc2)C(C#N)(N(C)C)C1N(C)C. The third-order valence-corrected chi connectivity index (χ3v) is 6.85. The Kier molecular flexibility index (Phi) is 6.93. The first kappa shape index (κ1) is 24.5. The van der Waals surface area contributed by atoms with Gasteiger partial charge in [-0.2, -0.15) is 5.26 Å². The quantitative estimate of drug-likeness (QED) is 0.495. The van der Waals surface area contributed by atoms with Crippen LogP contribution in [0.4, 0.5) is 0 Å². The molecule has 0 heterocycles. The summed E-state index contributed by atoms with van der Waals surface area (Å²) in [6.45, 7) is 0. The minimum Gasteiger partial charge on any atom is -0.379 e. The lowest BCUT2D eigenvalue weighted by molar-refractivity contribution is 0.143. The van der Waals surface area contributed by atoms with Gasteiger partial charge in [0.25, 0.3) is 0 Å². The molecular weight excluding hydrogens is 428 g/mol. The standard InChI is InChI=1S/C31H34N4/c1-33(2)29-27(24-18-12-8-13-19-24)26(23-16-10-7-11-17-23)28(25-20-14-9-15-21-25)31(22-32,35(5)6)30(29)34(3)4/h7-21,30H,1-6H3. The van der Waals surface area contributed by atoms with E-state index in [0.29, 0.717) is 0 Å². The van der Waals surface area contributed by atoms with Crippen molar-refractivity contribution in [2.45, 2.75) is 11.6 Å². The topological polar surface area (TPSA) is 33.5 Å². The van der Waals surface area contributed by atoms with Crippen molar-refractivity contribution in [1.82, 2.24) is 14.7 Å². The van der Waals surface area contributed by atoms with E-state index in [-0.39, 0.29) is 6.04 Å². The lowest BCUT2D eigenvalue weighted by atomic mass is 9.66. The first-order chi connectivity index (χ1) is 16.8. The average molecular weight is 463 g/mol. The van der Waals surface area contributed by atoms with E-state index < -0.39 is 5.54 Å². The van der Waals surface area contributed by atoms with Crippen LogP contribution in [-0.2, 0) is 0 Å². The molecule has 0 aliphatic heterocycles. The summed E-state index contributed by atoms with van der Waals surface area (Å²) in [6.07, 6.45) is 0. The Morgan fingerprint density at radius 2 is 1.06 bits per heavy atom. The number of likely N-dealkylation sites (N-methyl/N-ethyl adjacent to an activating group) is 3. The van der Waals surface area contributed by atoms with Gasteiger partial charge in [0.05, 0.1) is 12.1 Å². The summed E-state index contributed by atoms with van der Waals surface area (Å²) >= 11 is 0. The van der Waals surface area contributed by atoms with Gasteiger partial charge in [0.1, 0.15) is 0 Å². The van der Waals surface area contributed by atoms with Crippen LogP contribution in [0.5, 0.6) is 0 Å². The Morgan fingerprint density at radius 3 is 1.43 bits per heavy atom. The fourth-order valence-electron chi connectivity index (χ4n) is 5.45. The van der Waals surface area contributed by atoms with Crippen LogP contribution < -0.4 is 0 Å². The molecule has 0 aromatic heterocycles. The molecule has 0 fully saturated rings. The maximum atomic E-state index is 11.1. The fourth-order valence-corrected chi connectivity index (χ4v) is 5.45. The molecule has 0 radical (unpaired) electrons. The Hall–Kier alpha value is -3.65. The smallest absolute Gasteiger partial charge is 0.156 e. The van der Waals surface area contributed by atoms with Crippen LogP contribution in [0.2, 0.25) is 0 Å². The lowest BCUT2D eigenvalue weighted by Crippen LogP contribution is -2.62. The highest BCUT2D eigenvalue weighted by atomic mass is 15.3. The number of hydrogen-bond donors (Lipinski definition) is 0. The third-order valence-electron chi connectivity index (χ3n) is 6.85. The molecule has 4 heteroatoms. The molecule has 0 amide bonds. The Morgan fingerprint density at radius 1 is 0.629 bits per heavy atom. The zero-order chi connectivity index (χ0) is 25.2. The molecule has 2 unspecified atom stereocenters. The summed E-state index contributed by atoms with van der Waals surface area (Å²) in [5, 5.41) is 11.1. The van der Waals surface area contributed by atoms with Crippen LogP contribution in [-0.4, -0.2) is 68.6 Å². The van der Waals surface area contributed by atoms with E-state index in [9.17, 15) is 5.26 Å². The molecule has 1 aliphatic rings. The van der Waals surface area contributed by atoms with Gasteiger partial charge in [0.15, 0.2) is 5.54 Å². The summed E-state index contributed by atoms with van der Waals surface area (Å²) in [5.74, 6) is 0. The van der Waals surface area contributed by atoms with Crippen molar-refractivity contribution in [3.63, 3.8) is 0 Å². The first-order valence-corrected chi connectivity index (χ1v) is 11.9. The minimum absolute atomic E-state index is 0.213. The second-order valence-electron chi connectivity index (χ2n) is 9.64. The van der Waals surface area contributed by atoms with E-state index in [0.717, 1.165) is 39.1 Å². The highest BCUT2D eigenvalue weighted by molar-refractivity contribution is 6.19. The molecule has 0 saturated heterocycles. The predicted octanol–water partition coefficient (Wildman–Crippen LogP) is 5.34. The molecule has 178 valence electrons. The van der Waals surface area contributed by atoms with E-state index in [1.807, 2.05) is 26.2 Å². The second-order valence-corrected chi connectivity index (χ2v) is 9.64. The normalized spacial score (nSPS) is 20.4. The number of hydrogen-bond acceptors (Lipinski definition) is 4. The molecule has 4 rings (SSSR count). The van der Waals surface area contributed by atoms with E-state index >= 15 is 0 Å². The van der Waals surface area contributed by atoms with E-state index in [1.165, 1.54) is 0 Å². The maximum Gasteiger partial charge on any atom is 0.156 e. The highest BCUT2D eigenvalue weighted by Gasteiger charge is 2.54. The molecule has 3 aromatic rings. The van der Waals surface area contributed by atoms with Crippen LogP contribution in [0.1, 0.15) is 16.7 Å². The Labute approximate surface area is 210 Å². The minimum atomic E-state index is -0.937. The summed E-state index contributed by atoms with van der Waals surface area (Å²) in [4.78, 5) is 6.47. The third kappa shape index (κ3) is 4.08. The van der Waals surface area contributed by atoms with Gasteiger partial charge in [-0.05, 0) is 50.5 Å². The number of rotatable bonds is 6. The van der Waals surface area contributed by atoms with E-state index in [2.05, 4.69) is 128 Å². The van der Waals surface area contributed by atoms with Crippen molar-refractivity contribution in [2.24, 2.45) is 0 Å². The lowest BCUT2D eigenvalue weighted by Gasteiger charge is -2.51. The van der Waals surface area contributed by atoms with Crippen LogP contribution in [0.25, 0.3) is 16.7 Å². The molecule has 0 bridgehead atoms. The van der Waals surface area contributed by atoms with Gasteiger partial charge in [0, 0.05) is 30.9 Å². The summed E-state index contributed by atoms with van der Waals surface area (Å²) in [5.41, 5.74) is 6.76. The monoisotopic (exact) mass is 462 g/mol. The van der Waals surface area contributed by atoms with Gasteiger partial charge >= 0.3 is 0 Å². The molecule has 4 nitrogen and oxygen atoms in total. The summed E-state index contributed by atoms with van der Waals surface area (Å²) < 4.78 is 0. The van der Waals surface area contributed by atoms with Crippen LogP contribution in [0, 0.1) is 11.3 Å². The van der Waals surface area contributed by atoms with Crippen molar-refractivity contribution < 1.29 is 0 Å². The fraction of sp³-hybridized carbons (Fsp3) is 0.258. The molecule has 3 aromatic carbocycles. The predicted molar refractivity (Wildman–Crippen MR) is 146 cm³/mol. The van der Waals surface area contributed by atoms with Gasteiger partial charge in [-0.1, -0.05) is 91.0 Å². The summed E-state index contributed by atoms with van der Waals surface area (Å²) in [6, 6.07) is 34.1.